The number of rotatable bonds is 3. The van der Waals surface area contributed by atoms with E-state index in [0.29, 0.717) is 22.1 Å². The Bertz CT molecular complexity index is 716. The number of halogens is 1. The number of hydrogen-bond donors (Lipinski definition) is 1. The van der Waals surface area contributed by atoms with Gasteiger partial charge in [-0.15, -0.1) is 5.10 Å². The van der Waals surface area contributed by atoms with Crippen LogP contribution in [0.2, 0.25) is 5.02 Å². The summed E-state index contributed by atoms with van der Waals surface area (Å²) in [5.41, 5.74) is 0.766. The maximum Gasteiger partial charge on any atom is 0.375 e. The summed E-state index contributed by atoms with van der Waals surface area (Å²) in [5, 5.41) is 22.5. The molecule has 0 saturated heterocycles. The molecular weight excluding hydrogens is 280 g/mol. The third-order valence-corrected chi connectivity index (χ3v) is 2.88. The lowest BCUT2D eigenvalue weighted by atomic mass is 10.1. The van der Waals surface area contributed by atoms with Gasteiger partial charge in [0.25, 0.3) is 5.82 Å². The molecule has 0 amide bonds. The molecular formula is C13H11ClN4O2. The van der Waals surface area contributed by atoms with Crippen LogP contribution in [0.3, 0.4) is 0 Å². The predicted molar refractivity (Wildman–Crippen MR) is 72.1 cm³/mol. The zero-order valence-electron chi connectivity index (χ0n) is 10.8. The van der Waals surface area contributed by atoms with Crippen LogP contribution in [0, 0.1) is 11.3 Å². The highest BCUT2D eigenvalue weighted by Crippen LogP contribution is 2.23. The van der Waals surface area contributed by atoms with Gasteiger partial charge in [-0.1, -0.05) is 25.4 Å². The molecule has 102 valence electrons. The zero-order chi connectivity index (χ0) is 14.9. The van der Waals surface area contributed by atoms with Crippen LogP contribution in [-0.2, 0) is 0 Å². The van der Waals surface area contributed by atoms with Crippen molar-refractivity contribution in [3.8, 4) is 11.8 Å². The number of carboxylic acids is 1. The monoisotopic (exact) mass is 290 g/mol. The minimum absolute atomic E-state index is 0.0545. The number of carboxylic acid groups (broad SMARTS) is 1. The van der Waals surface area contributed by atoms with Crippen LogP contribution in [0.15, 0.2) is 18.2 Å². The van der Waals surface area contributed by atoms with Crippen molar-refractivity contribution in [3.63, 3.8) is 0 Å². The smallest absolute Gasteiger partial charge is 0.375 e. The first-order valence-corrected chi connectivity index (χ1v) is 6.22. The van der Waals surface area contributed by atoms with Gasteiger partial charge in [0.15, 0.2) is 0 Å². The van der Waals surface area contributed by atoms with Gasteiger partial charge in [-0.3, -0.25) is 0 Å². The van der Waals surface area contributed by atoms with Crippen molar-refractivity contribution in [2.45, 2.75) is 19.8 Å². The van der Waals surface area contributed by atoms with Crippen LogP contribution >= 0.6 is 11.6 Å². The molecule has 0 spiro atoms. The van der Waals surface area contributed by atoms with Gasteiger partial charge in [0.05, 0.1) is 11.3 Å². The average molecular weight is 291 g/mol. The van der Waals surface area contributed by atoms with Crippen LogP contribution < -0.4 is 0 Å². The fourth-order valence-electron chi connectivity index (χ4n) is 1.74. The lowest BCUT2D eigenvalue weighted by Gasteiger charge is -2.09. The molecule has 0 aliphatic heterocycles. The van der Waals surface area contributed by atoms with Crippen molar-refractivity contribution in [2.75, 3.05) is 0 Å². The maximum atomic E-state index is 11.0. The molecule has 0 radical (unpaired) electrons. The van der Waals surface area contributed by atoms with E-state index in [1.807, 2.05) is 19.9 Å². The summed E-state index contributed by atoms with van der Waals surface area (Å²) < 4.78 is 1.36. The molecule has 2 rings (SSSR count). The molecule has 1 aromatic carbocycles. The second-order valence-corrected chi connectivity index (χ2v) is 4.87. The Morgan fingerprint density at radius 3 is 2.75 bits per heavy atom. The second-order valence-electron chi connectivity index (χ2n) is 4.44. The Hall–Kier alpha value is -2.39. The molecule has 2 aromatic rings. The van der Waals surface area contributed by atoms with E-state index in [4.69, 9.17) is 22.0 Å². The summed E-state index contributed by atoms with van der Waals surface area (Å²) in [7, 11) is 0. The first-order valence-electron chi connectivity index (χ1n) is 5.84. The van der Waals surface area contributed by atoms with E-state index < -0.39 is 5.97 Å². The van der Waals surface area contributed by atoms with Crippen molar-refractivity contribution in [3.05, 3.63) is 40.4 Å². The van der Waals surface area contributed by atoms with Crippen LogP contribution in [0.25, 0.3) is 5.69 Å². The number of benzene rings is 1. The van der Waals surface area contributed by atoms with Crippen LogP contribution in [-0.4, -0.2) is 25.8 Å². The normalized spacial score (nSPS) is 10.6. The van der Waals surface area contributed by atoms with E-state index in [1.165, 1.54) is 4.68 Å². The van der Waals surface area contributed by atoms with Crippen molar-refractivity contribution < 1.29 is 9.90 Å². The van der Waals surface area contributed by atoms with Gasteiger partial charge in [0.1, 0.15) is 11.9 Å². The summed E-state index contributed by atoms with van der Waals surface area (Å²) in [4.78, 5) is 15.0. The number of aromatic carboxylic acids is 1. The highest BCUT2D eigenvalue weighted by atomic mass is 35.5. The van der Waals surface area contributed by atoms with Gasteiger partial charge in [-0.05, 0) is 18.2 Å². The van der Waals surface area contributed by atoms with E-state index in [-0.39, 0.29) is 11.7 Å². The van der Waals surface area contributed by atoms with Gasteiger partial charge in [0, 0.05) is 10.9 Å². The molecule has 7 heteroatoms. The van der Waals surface area contributed by atoms with Gasteiger partial charge in [0.2, 0.25) is 0 Å². The number of nitriles is 1. The second kappa shape index (κ2) is 5.31. The van der Waals surface area contributed by atoms with Crippen molar-refractivity contribution >= 4 is 17.6 Å². The molecule has 0 aliphatic carbocycles. The highest BCUT2D eigenvalue weighted by molar-refractivity contribution is 6.30. The Morgan fingerprint density at radius 1 is 1.50 bits per heavy atom. The lowest BCUT2D eigenvalue weighted by Crippen LogP contribution is -2.07. The number of aromatic nitrogens is 3. The van der Waals surface area contributed by atoms with Crippen molar-refractivity contribution in [1.29, 1.82) is 5.26 Å². The van der Waals surface area contributed by atoms with E-state index in [9.17, 15) is 4.79 Å². The molecule has 6 nitrogen and oxygen atoms in total. The molecule has 1 aromatic heterocycles. The molecule has 0 atom stereocenters. The third kappa shape index (κ3) is 2.49. The fourth-order valence-corrected chi connectivity index (χ4v) is 1.91. The van der Waals surface area contributed by atoms with E-state index in [2.05, 4.69) is 10.1 Å². The van der Waals surface area contributed by atoms with Gasteiger partial charge < -0.3 is 5.11 Å². The number of hydrogen-bond acceptors (Lipinski definition) is 4. The maximum absolute atomic E-state index is 11.0. The fraction of sp³-hybridized carbons (Fsp3) is 0.231. The minimum atomic E-state index is -1.22. The molecule has 1 N–H and O–H groups in total. The minimum Gasteiger partial charge on any atom is -0.475 e. The summed E-state index contributed by atoms with van der Waals surface area (Å²) in [6.45, 7) is 3.73. The molecule has 0 unspecified atom stereocenters. The molecule has 0 aliphatic rings. The van der Waals surface area contributed by atoms with Crippen LogP contribution in [0.4, 0.5) is 0 Å². The highest BCUT2D eigenvalue weighted by Gasteiger charge is 2.20. The van der Waals surface area contributed by atoms with Gasteiger partial charge in [-0.2, -0.15) is 5.26 Å². The van der Waals surface area contributed by atoms with E-state index in [0.717, 1.165) is 0 Å². The average Bonchev–Trinajstić information content (AvgIpc) is 2.83. The summed E-state index contributed by atoms with van der Waals surface area (Å²) in [6, 6.07) is 6.74. The predicted octanol–water partition coefficient (Wildman–Crippen LogP) is 2.61. The SMILES string of the molecule is CC(C)c1nc(C(=O)O)nn1-c1cc(Cl)ccc1C#N. The van der Waals surface area contributed by atoms with Gasteiger partial charge >= 0.3 is 5.97 Å². The topological polar surface area (TPSA) is 91.8 Å². The summed E-state index contributed by atoms with van der Waals surface area (Å²) in [5.74, 6) is -1.12. The van der Waals surface area contributed by atoms with Gasteiger partial charge in [-0.25, -0.2) is 14.5 Å². The Morgan fingerprint density at radius 2 is 2.20 bits per heavy atom. The van der Waals surface area contributed by atoms with Crippen molar-refractivity contribution in [1.82, 2.24) is 14.8 Å². The molecule has 1 heterocycles. The largest absolute Gasteiger partial charge is 0.475 e. The summed E-state index contributed by atoms with van der Waals surface area (Å²) >= 11 is 5.94. The first kappa shape index (κ1) is 14.0. The van der Waals surface area contributed by atoms with E-state index >= 15 is 0 Å². The Kier molecular flexibility index (Phi) is 3.72. The lowest BCUT2D eigenvalue weighted by molar-refractivity contribution is 0.0683. The van der Waals surface area contributed by atoms with Crippen LogP contribution in [0.5, 0.6) is 0 Å². The van der Waals surface area contributed by atoms with Crippen molar-refractivity contribution in [2.24, 2.45) is 0 Å². The summed E-state index contributed by atoms with van der Waals surface area (Å²) in [6.07, 6.45) is 0. The standard InChI is InChI=1S/C13H11ClN4O2/c1-7(2)12-16-11(13(19)20)17-18(12)10-5-9(14)4-3-8(10)6-15/h3-5,7H,1-2H3,(H,19,20). The Balaban J connectivity index is 2.72. The van der Waals surface area contributed by atoms with Crippen LogP contribution in [0.1, 0.15) is 41.8 Å². The quantitative estimate of drug-likeness (QED) is 0.938. The molecule has 0 saturated carbocycles. The molecule has 0 fully saturated rings. The number of nitrogens with zero attached hydrogens (tertiary/aromatic N) is 4. The first-order chi connectivity index (χ1) is 9.43. The number of carbonyl (C=O) groups is 1. The van der Waals surface area contributed by atoms with E-state index in [1.54, 1.807) is 18.2 Å². The molecule has 0 bridgehead atoms. The molecule has 20 heavy (non-hydrogen) atoms. The zero-order valence-corrected chi connectivity index (χ0v) is 11.6. The Labute approximate surface area is 120 Å². The third-order valence-electron chi connectivity index (χ3n) is 2.65.